The van der Waals surface area contributed by atoms with Crippen molar-refractivity contribution in [3.8, 4) is 0 Å². The number of anilines is 2. The lowest BCUT2D eigenvalue weighted by Crippen LogP contribution is -2.19. The Kier molecular flexibility index (Phi) is 4.14. The molecule has 0 spiro atoms. The summed E-state index contributed by atoms with van der Waals surface area (Å²) in [6.45, 7) is 0.259. The van der Waals surface area contributed by atoms with Gasteiger partial charge in [0.25, 0.3) is 0 Å². The zero-order chi connectivity index (χ0) is 14.5. The largest absolute Gasteiger partial charge is 0.381 e. The quantitative estimate of drug-likeness (QED) is 0.804. The lowest BCUT2D eigenvalue weighted by Gasteiger charge is -2.09. The molecular formula is C14H13F2N3O. The van der Waals surface area contributed by atoms with Gasteiger partial charge in [0.2, 0.25) is 0 Å². The van der Waals surface area contributed by atoms with E-state index in [4.69, 9.17) is 5.73 Å². The molecule has 0 aliphatic heterocycles. The molecule has 0 atom stereocenters. The fourth-order valence-corrected chi connectivity index (χ4v) is 1.77. The molecule has 0 heterocycles. The first kappa shape index (κ1) is 13.8. The number of carbonyl (C=O) groups excluding carboxylic acids is 1. The van der Waals surface area contributed by atoms with Crippen LogP contribution in [0.3, 0.4) is 0 Å². The molecule has 0 unspecified atom stereocenters. The van der Waals surface area contributed by atoms with E-state index in [0.29, 0.717) is 16.9 Å². The zero-order valence-electron chi connectivity index (χ0n) is 10.5. The fraction of sp³-hybridized carbons (Fsp3) is 0.0714. The van der Waals surface area contributed by atoms with Crippen molar-refractivity contribution in [2.24, 2.45) is 5.73 Å². The molecule has 0 fully saturated rings. The summed E-state index contributed by atoms with van der Waals surface area (Å²) in [6.07, 6.45) is 0. The normalized spacial score (nSPS) is 10.1. The molecule has 0 bridgehead atoms. The van der Waals surface area contributed by atoms with Crippen LogP contribution in [0.4, 0.5) is 25.0 Å². The van der Waals surface area contributed by atoms with Gasteiger partial charge in [-0.3, -0.25) is 0 Å². The van der Waals surface area contributed by atoms with Crippen LogP contribution in [0, 0.1) is 11.6 Å². The summed E-state index contributed by atoms with van der Waals surface area (Å²) in [7, 11) is 0. The van der Waals surface area contributed by atoms with Crippen LogP contribution in [0.15, 0.2) is 42.5 Å². The van der Waals surface area contributed by atoms with Crippen LogP contribution >= 0.6 is 0 Å². The summed E-state index contributed by atoms with van der Waals surface area (Å²) in [4.78, 5) is 10.7. The number of primary amides is 1. The summed E-state index contributed by atoms with van der Waals surface area (Å²) in [5, 5.41) is 5.44. The van der Waals surface area contributed by atoms with E-state index in [-0.39, 0.29) is 6.54 Å². The Balaban J connectivity index is 2.05. The third kappa shape index (κ3) is 3.94. The maximum atomic E-state index is 13.0. The number of rotatable bonds is 4. The van der Waals surface area contributed by atoms with E-state index >= 15 is 0 Å². The molecule has 4 nitrogen and oxygen atoms in total. The second-order valence-corrected chi connectivity index (χ2v) is 4.20. The number of hydrogen-bond acceptors (Lipinski definition) is 2. The Morgan fingerprint density at radius 1 is 1.05 bits per heavy atom. The Labute approximate surface area is 114 Å². The molecule has 20 heavy (non-hydrogen) atoms. The van der Waals surface area contributed by atoms with Gasteiger partial charge in [-0.25, -0.2) is 13.6 Å². The number of benzene rings is 2. The van der Waals surface area contributed by atoms with Crippen molar-refractivity contribution in [1.29, 1.82) is 0 Å². The molecule has 0 aliphatic rings. The lowest BCUT2D eigenvalue weighted by atomic mass is 10.2. The lowest BCUT2D eigenvalue weighted by molar-refractivity contribution is 0.259. The molecule has 104 valence electrons. The molecule has 0 radical (unpaired) electrons. The van der Waals surface area contributed by atoms with Gasteiger partial charge >= 0.3 is 6.03 Å². The van der Waals surface area contributed by atoms with Crippen LogP contribution in [0.1, 0.15) is 5.56 Å². The maximum absolute atomic E-state index is 13.0. The molecule has 2 aromatic carbocycles. The third-order valence-corrected chi connectivity index (χ3v) is 2.55. The van der Waals surface area contributed by atoms with E-state index in [1.54, 1.807) is 24.3 Å². The minimum Gasteiger partial charge on any atom is -0.381 e. The highest BCUT2D eigenvalue weighted by Crippen LogP contribution is 2.16. The molecule has 0 aliphatic carbocycles. The molecule has 0 saturated heterocycles. The van der Waals surface area contributed by atoms with Crippen molar-refractivity contribution in [2.45, 2.75) is 6.54 Å². The van der Waals surface area contributed by atoms with E-state index < -0.39 is 17.7 Å². The van der Waals surface area contributed by atoms with Gasteiger partial charge in [-0.1, -0.05) is 6.07 Å². The Morgan fingerprint density at radius 2 is 1.70 bits per heavy atom. The van der Waals surface area contributed by atoms with E-state index in [9.17, 15) is 13.6 Å². The Bertz CT molecular complexity index is 611. The molecule has 2 amide bonds. The van der Waals surface area contributed by atoms with Crippen molar-refractivity contribution < 1.29 is 13.6 Å². The van der Waals surface area contributed by atoms with Gasteiger partial charge in [-0.15, -0.1) is 0 Å². The van der Waals surface area contributed by atoms with Crippen molar-refractivity contribution in [2.75, 3.05) is 10.6 Å². The predicted molar refractivity (Wildman–Crippen MR) is 73.3 cm³/mol. The highest BCUT2D eigenvalue weighted by molar-refractivity contribution is 5.88. The van der Waals surface area contributed by atoms with Gasteiger partial charge in [0.05, 0.1) is 0 Å². The minimum absolute atomic E-state index is 0.259. The van der Waals surface area contributed by atoms with Crippen LogP contribution in [-0.2, 0) is 6.54 Å². The van der Waals surface area contributed by atoms with Gasteiger partial charge in [-0.05, 0) is 35.9 Å². The second-order valence-electron chi connectivity index (χ2n) is 4.20. The van der Waals surface area contributed by atoms with Crippen LogP contribution in [0.2, 0.25) is 0 Å². The number of urea groups is 1. The predicted octanol–water partition coefficient (Wildman–Crippen LogP) is 3.07. The summed E-state index contributed by atoms with van der Waals surface area (Å²) in [5.74, 6) is -1.24. The molecular weight excluding hydrogens is 264 g/mol. The number of amides is 2. The van der Waals surface area contributed by atoms with Crippen LogP contribution < -0.4 is 16.4 Å². The topological polar surface area (TPSA) is 67.2 Å². The average Bonchev–Trinajstić information content (AvgIpc) is 2.35. The van der Waals surface area contributed by atoms with E-state index in [1.165, 1.54) is 12.1 Å². The minimum atomic E-state index is -0.658. The first-order valence-corrected chi connectivity index (χ1v) is 5.88. The summed E-state index contributed by atoms with van der Waals surface area (Å²) < 4.78 is 26.1. The third-order valence-electron chi connectivity index (χ3n) is 2.55. The second kappa shape index (κ2) is 6.01. The Morgan fingerprint density at radius 3 is 2.35 bits per heavy atom. The van der Waals surface area contributed by atoms with Gasteiger partial charge in [0.1, 0.15) is 11.6 Å². The van der Waals surface area contributed by atoms with Gasteiger partial charge < -0.3 is 16.4 Å². The van der Waals surface area contributed by atoms with Crippen molar-refractivity contribution in [3.63, 3.8) is 0 Å². The monoisotopic (exact) mass is 277 g/mol. The summed E-state index contributed by atoms with van der Waals surface area (Å²) in [6, 6.07) is 9.50. The summed E-state index contributed by atoms with van der Waals surface area (Å²) in [5.41, 5.74) is 6.73. The number of halogens is 2. The first-order chi connectivity index (χ1) is 9.52. The Hall–Kier alpha value is -2.63. The van der Waals surface area contributed by atoms with Crippen LogP contribution in [-0.4, -0.2) is 6.03 Å². The van der Waals surface area contributed by atoms with Crippen LogP contribution in [0.5, 0.6) is 0 Å². The smallest absolute Gasteiger partial charge is 0.316 e. The molecule has 2 aromatic rings. The SMILES string of the molecule is NC(=O)Nc1cccc(NCc2cc(F)cc(F)c2)c1. The number of carbonyl (C=O) groups is 1. The highest BCUT2D eigenvalue weighted by Gasteiger charge is 2.02. The van der Waals surface area contributed by atoms with Gasteiger partial charge in [-0.2, -0.15) is 0 Å². The van der Waals surface area contributed by atoms with Crippen LogP contribution in [0.25, 0.3) is 0 Å². The molecule has 0 aromatic heterocycles. The molecule has 2 rings (SSSR count). The standard InChI is InChI=1S/C14H13F2N3O/c15-10-4-9(5-11(16)6-10)8-18-12-2-1-3-13(7-12)19-14(17)20/h1-7,18H,8H2,(H3,17,19,20). The van der Waals surface area contributed by atoms with Gasteiger partial charge in [0.15, 0.2) is 0 Å². The maximum Gasteiger partial charge on any atom is 0.316 e. The van der Waals surface area contributed by atoms with Crippen molar-refractivity contribution in [1.82, 2.24) is 0 Å². The zero-order valence-corrected chi connectivity index (χ0v) is 10.5. The number of nitrogens with two attached hydrogens (primary N) is 1. The molecule has 4 N–H and O–H groups in total. The van der Waals surface area contributed by atoms with Crippen molar-refractivity contribution in [3.05, 3.63) is 59.7 Å². The van der Waals surface area contributed by atoms with E-state index in [1.807, 2.05) is 0 Å². The van der Waals surface area contributed by atoms with Crippen molar-refractivity contribution >= 4 is 17.4 Å². The fourth-order valence-electron chi connectivity index (χ4n) is 1.77. The van der Waals surface area contributed by atoms with Gasteiger partial charge in [0, 0.05) is 24.0 Å². The summed E-state index contributed by atoms with van der Waals surface area (Å²) >= 11 is 0. The van der Waals surface area contributed by atoms with E-state index in [0.717, 1.165) is 6.07 Å². The number of nitrogens with one attached hydrogen (secondary N) is 2. The number of hydrogen-bond donors (Lipinski definition) is 3. The van der Waals surface area contributed by atoms with E-state index in [2.05, 4.69) is 10.6 Å². The highest BCUT2D eigenvalue weighted by atomic mass is 19.1. The first-order valence-electron chi connectivity index (χ1n) is 5.88. The molecule has 6 heteroatoms. The average molecular weight is 277 g/mol. The molecule has 0 saturated carbocycles.